The van der Waals surface area contributed by atoms with Crippen LogP contribution in [0.5, 0.6) is 0 Å². The van der Waals surface area contributed by atoms with Crippen molar-refractivity contribution in [2.45, 2.75) is 232 Å². The fourth-order valence-corrected chi connectivity index (χ4v) is 6.53. The molecule has 3 unspecified atom stereocenters. The zero-order valence-corrected chi connectivity index (χ0v) is 36.0. The van der Waals surface area contributed by atoms with E-state index in [1.807, 2.05) is 0 Å². The summed E-state index contributed by atoms with van der Waals surface area (Å²) in [5.41, 5.74) is 0. The Morgan fingerprint density at radius 2 is 0.964 bits per heavy atom. The maximum absolute atomic E-state index is 13.1. The van der Waals surface area contributed by atoms with Gasteiger partial charge in [0.1, 0.15) is 6.10 Å². The lowest BCUT2D eigenvalue weighted by atomic mass is 10.0. The minimum Gasteiger partial charge on any atom is -0.462 e. The summed E-state index contributed by atoms with van der Waals surface area (Å²) in [5.74, 6) is -0.536. The number of hydrogen-bond donors (Lipinski definition) is 3. The molecule has 0 heterocycles. The van der Waals surface area contributed by atoms with Crippen LogP contribution in [0.4, 0.5) is 0 Å². The molecule has 0 aliphatic carbocycles. The van der Waals surface area contributed by atoms with E-state index in [0.717, 1.165) is 103 Å². The van der Waals surface area contributed by atoms with Crippen LogP contribution in [0.15, 0.2) is 60.8 Å². The van der Waals surface area contributed by atoms with Gasteiger partial charge in [0.15, 0.2) is 0 Å². The number of unbranched alkanes of at least 4 members (excludes halogenated alkanes) is 18. The molecule has 0 saturated carbocycles. The van der Waals surface area contributed by atoms with Gasteiger partial charge in [0.25, 0.3) is 0 Å². The molecule has 6 heteroatoms. The third kappa shape index (κ3) is 38.2. The van der Waals surface area contributed by atoms with Gasteiger partial charge < -0.3 is 20.3 Å². The summed E-state index contributed by atoms with van der Waals surface area (Å²) in [6.07, 6.45) is 51.5. The first-order chi connectivity index (χ1) is 27.0. The van der Waals surface area contributed by atoms with E-state index in [0.29, 0.717) is 19.3 Å². The van der Waals surface area contributed by atoms with E-state index < -0.39 is 18.2 Å². The summed E-state index contributed by atoms with van der Waals surface area (Å²) in [4.78, 5) is 25.9. The van der Waals surface area contributed by atoms with E-state index in [9.17, 15) is 19.8 Å². The topological polar surface area (TPSA) is 95.9 Å². The maximum atomic E-state index is 13.1. The highest BCUT2D eigenvalue weighted by Gasteiger charge is 2.24. The van der Waals surface area contributed by atoms with Crippen molar-refractivity contribution in [3.63, 3.8) is 0 Å². The van der Waals surface area contributed by atoms with Crippen LogP contribution < -0.4 is 5.32 Å². The Balaban J connectivity index is 4.52. The fraction of sp³-hybridized carbons (Fsp3) is 0.755. The molecule has 0 aliphatic heterocycles. The summed E-state index contributed by atoms with van der Waals surface area (Å²) in [6.45, 7) is 6.33. The SMILES string of the molecule is CCC/C=C\CCCCCC(CC(=O)NC(CO)C(O)CCCCCCCCCCC)OC(=O)CCCCC/C=C\C/C=C\C/C=C\C/C=C\CCCCC. The van der Waals surface area contributed by atoms with E-state index in [2.05, 4.69) is 86.8 Å². The quantitative estimate of drug-likeness (QED) is 0.0328. The highest BCUT2D eigenvalue weighted by Crippen LogP contribution is 2.16. The molecule has 0 aromatic rings. The Morgan fingerprint density at radius 1 is 0.527 bits per heavy atom. The van der Waals surface area contributed by atoms with Gasteiger partial charge in [0.05, 0.1) is 25.2 Å². The largest absolute Gasteiger partial charge is 0.462 e. The highest BCUT2D eigenvalue weighted by atomic mass is 16.5. The summed E-state index contributed by atoms with van der Waals surface area (Å²) >= 11 is 0. The van der Waals surface area contributed by atoms with Crippen LogP contribution in [-0.4, -0.2) is 46.9 Å². The number of ether oxygens (including phenoxy) is 1. The monoisotopic (exact) mass is 770 g/mol. The van der Waals surface area contributed by atoms with Crippen molar-refractivity contribution < 1.29 is 24.5 Å². The van der Waals surface area contributed by atoms with Crippen LogP contribution in [0.1, 0.15) is 213 Å². The van der Waals surface area contributed by atoms with Crippen LogP contribution in [0.25, 0.3) is 0 Å². The molecule has 0 fully saturated rings. The molecular formula is C49H87NO5. The molecule has 0 spiro atoms. The molecular weight excluding hydrogens is 683 g/mol. The molecule has 3 atom stereocenters. The zero-order valence-electron chi connectivity index (χ0n) is 36.0. The Kier molecular flexibility index (Phi) is 40.8. The summed E-state index contributed by atoms with van der Waals surface area (Å²) in [7, 11) is 0. The molecule has 55 heavy (non-hydrogen) atoms. The summed E-state index contributed by atoms with van der Waals surface area (Å²) < 4.78 is 5.86. The lowest BCUT2D eigenvalue weighted by Crippen LogP contribution is -2.46. The van der Waals surface area contributed by atoms with E-state index in [1.165, 1.54) is 64.2 Å². The van der Waals surface area contributed by atoms with Crippen LogP contribution in [-0.2, 0) is 14.3 Å². The Bertz CT molecular complexity index is 999. The van der Waals surface area contributed by atoms with E-state index in [4.69, 9.17) is 4.74 Å². The predicted octanol–water partition coefficient (Wildman–Crippen LogP) is 13.3. The molecule has 0 radical (unpaired) electrons. The third-order valence-electron chi connectivity index (χ3n) is 10.1. The normalized spacial score (nSPS) is 13.9. The first kappa shape index (κ1) is 52.6. The number of aliphatic hydroxyl groups is 2. The van der Waals surface area contributed by atoms with Gasteiger partial charge in [-0.15, -0.1) is 0 Å². The predicted molar refractivity (Wildman–Crippen MR) is 236 cm³/mol. The van der Waals surface area contributed by atoms with Gasteiger partial charge in [-0.25, -0.2) is 0 Å². The van der Waals surface area contributed by atoms with Crippen molar-refractivity contribution in [2.24, 2.45) is 0 Å². The summed E-state index contributed by atoms with van der Waals surface area (Å²) in [5, 5.41) is 23.5. The van der Waals surface area contributed by atoms with Gasteiger partial charge in [0.2, 0.25) is 5.91 Å². The van der Waals surface area contributed by atoms with Crippen molar-refractivity contribution in [3.8, 4) is 0 Å². The second-order valence-corrected chi connectivity index (χ2v) is 15.4. The van der Waals surface area contributed by atoms with Crippen LogP contribution in [0.2, 0.25) is 0 Å². The van der Waals surface area contributed by atoms with E-state index in [-0.39, 0.29) is 24.9 Å². The van der Waals surface area contributed by atoms with Crippen LogP contribution in [0.3, 0.4) is 0 Å². The van der Waals surface area contributed by atoms with Crippen molar-refractivity contribution in [3.05, 3.63) is 60.8 Å². The Labute approximate surface area is 339 Å². The minimum absolute atomic E-state index is 0.0511. The zero-order chi connectivity index (χ0) is 40.3. The van der Waals surface area contributed by atoms with Gasteiger partial charge in [-0.1, -0.05) is 171 Å². The van der Waals surface area contributed by atoms with Crippen molar-refractivity contribution in [1.82, 2.24) is 5.32 Å². The average Bonchev–Trinajstić information content (AvgIpc) is 3.18. The number of nitrogens with one attached hydrogen (secondary N) is 1. The number of rotatable bonds is 40. The molecule has 6 nitrogen and oxygen atoms in total. The molecule has 0 aliphatic rings. The van der Waals surface area contributed by atoms with E-state index >= 15 is 0 Å². The van der Waals surface area contributed by atoms with Crippen molar-refractivity contribution in [2.75, 3.05) is 6.61 Å². The number of amides is 1. The second kappa shape index (κ2) is 42.7. The number of esters is 1. The molecule has 0 bridgehead atoms. The standard InChI is InChI=1S/C49H87NO5/c1-4-7-10-13-16-19-20-21-22-23-24-25-26-27-28-30-33-36-39-42-49(54)55-45(40-37-34-31-18-15-12-9-6-3)43-48(53)50-46(44-51)47(52)41-38-35-32-29-17-14-11-8-5-2/h12,15-16,19,21-22,24-25,27-28,45-47,51-52H,4-11,13-14,17-18,20,23,26,29-44H2,1-3H3,(H,50,53)/b15-12-,19-16-,22-21-,25-24-,28-27-. The van der Waals surface area contributed by atoms with Gasteiger partial charge in [-0.2, -0.15) is 0 Å². The Hall–Kier alpha value is -2.44. The molecule has 318 valence electrons. The number of carbonyl (C=O) groups is 2. The van der Waals surface area contributed by atoms with Gasteiger partial charge in [-0.3, -0.25) is 9.59 Å². The lowest BCUT2D eigenvalue weighted by molar-refractivity contribution is -0.151. The van der Waals surface area contributed by atoms with Gasteiger partial charge in [0, 0.05) is 6.42 Å². The molecule has 0 aromatic carbocycles. The lowest BCUT2D eigenvalue weighted by Gasteiger charge is -2.24. The third-order valence-corrected chi connectivity index (χ3v) is 10.1. The van der Waals surface area contributed by atoms with Crippen molar-refractivity contribution >= 4 is 11.9 Å². The minimum atomic E-state index is -0.795. The average molecular weight is 770 g/mol. The molecule has 3 N–H and O–H groups in total. The fourth-order valence-electron chi connectivity index (χ4n) is 6.53. The van der Waals surface area contributed by atoms with E-state index in [1.54, 1.807) is 0 Å². The number of aliphatic hydroxyl groups excluding tert-OH is 2. The number of hydrogen-bond acceptors (Lipinski definition) is 5. The number of allylic oxidation sites excluding steroid dienone is 10. The Morgan fingerprint density at radius 3 is 1.53 bits per heavy atom. The first-order valence-corrected chi connectivity index (χ1v) is 23.0. The molecule has 0 rings (SSSR count). The highest BCUT2D eigenvalue weighted by molar-refractivity contribution is 5.77. The van der Waals surface area contributed by atoms with Crippen LogP contribution >= 0.6 is 0 Å². The molecule has 0 aromatic heterocycles. The van der Waals surface area contributed by atoms with Crippen LogP contribution in [0, 0.1) is 0 Å². The van der Waals surface area contributed by atoms with Gasteiger partial charge >= 0.3 is 5.97 Å². The second-order valence-electron chi connectivity index (χ2n) is 15.4. The first-order valence-electron chi connectivity index (χ1n) is 23.0. The smallest absolute Gasteiger partial charge is 0.306 e. The summed E-state index contributed by atoms with van der Waals surface area (Å²) in [6, 6.07) is -0.711. The van der Waals surface area contributed by atoms with Crippen molar-refractivity contribution in [1.29, 1.82) is 0 Å². The molecule has 0 saturated heterocycles. The molecule has 1 amide bonds. The maximum Gasteiger partial charge on any atom is 0.306 e. The van der Waals surface area contributed by atoms with Gasteiger partial charge in [-0.05, 0) is 89.9 Å². The number of carbonyl (C=O) groups excluding carboxylic acids is 2.